The van der Waals surface area contributed by atoms with Crippen molar-refractivity contribution >= 4 is 17.4 Å². The number of nitrogens with zero attached hydrogens (tertiary/aromatic N) is 2. The molecule has 1 aliphatic rings. The number of methoxy groups -OCH3 is 1. The van der Waals surface area contributed by atoms with E-state index < -0.39 is 0 Å². The second kappa shape index (κ2) is 10.1. The number of hydrogen-bond acceptors (Lipinski definition) is 5. The first-order valence-electron chi connectivity index (χ1n) is 10.2. The normalized spacial score (nSPS) is 13.9. The maximum absolute atomic E-state index is 13.3. The van der Waals surface area contributed by atoms with Crippen molar-refractivity contribution in [1.82, 2.24) is 9.80 Å². The van der Waals surface area contributed by atoms with Crippen molar-refractivity contribution in [1.29, 1.82) is 0 Å². The van der Waals surface area contributed by atoms with Crippen LogP contribution in [0.5, 0.6) is 5.75 Å². The highest BCUT2D eigenvalue weighted by molar-refractivity contribution is 6.35. The van der Waals surface area contributed by atoms with Gasteiger partial charge in [-0.3, -0.25) is 14.5 Å². The van der Waals surface area contributed by atoms with E-state index in [1.807, 2.05) is 73.3 Å². The molecule has 0 saturated carbocycles. The highest BCUT2D eigenvalue weighted by atomic mass is 16.5. The molecule has 3 rings (SSSR count). The summed E-state index contributed by atoms with van der Waals surface area (Å²) in [7, 11) is 1.56. The molecule has 0 fully saturated rings. The zero-order valence-corrected chi connectivity index (χ0v) is 17.8. The topological polar surface area (TPSA) is 59.1 Å². The molecule has 2 amide bonds. The van der Waals surface area contributed by atoms with E-state index in [9.17, 15) is 9.59 Å². The molecule has 0 aliphatic carbocycles. The van der Waals surface area contributed by atoms with Crippen LogP contribution in [0.4, 0.5) is 0 Å². The van der Waals surface area contributed by atoms with Crippen LogP contribution in [0.3, 0.4) is 0 Å². The molecular formula is C24H28N2O4. The minimum absolute atomic E-state index is 0.223. The summed E-state index contributed by atoms with van der Waals surface area (Å²) in [5.74, 6) is 0.162. The summed E-state index contributed by atoms with van der Waals surface area (Å²) in [6.45, 7) is 6.14. The summed E-state index contributed by atoms with van der Waals surface area (Å²) in [6.07, 6.45) is 0. The molecule has 0 spiro atoms. The van der Waals surface area contributed by atoms with E-state index in [0.717, 1.165) is 11.3 Å². The number of rotatable bonds is 10. The van der Waals surface area contributed by atoms with E-state index >= 15 is 0 Å². The van der Waals surface area contributed by atoms with Crippen molar-refractivity contribution < 1.29 is 19.1 Å². The number of likely N-dealkylation sites (N-methyl/N-ethyl adjacent to an activating group) is 1. The van der Waals surface area contributed by atoms with Gasteiger partial charge in [0.05, 0.1) is 25.3 Å². The fourth-order valence-corrected chi connectivity index (χ4v) is 3.54. The molecule has 2 aromatic carbocycles. The van der Waals surface area contributed by atoms with Gasteiger partial charge in [-0.25, -0.2) is 0 Å². The summed E-state index contributed by atoms with van der Waals surface area (Å²) >= 11 is 0. The second-order valence-electron chi connectivity index (χ2n) is 6.94. The van der Waals surface area contributed by atoms with E-state index in [2.05, 4.69) is 0 Å². The SMILES string of the molecule is CCOc1ccc(C2=C(N(CC)Cc3ccccc3)C(=O)N(CCOC)C2=O)cc1. The van der Waals surface area contributed by atoms with Crippen LogP contribution in [0.15, 0.2) is 60.3 Å². The van der Waals surface area contributed by atoms with Crippen molar-refractivity contribution in [3.8, 4) is 5.75 Å². The molecule has 158 valence electrons. The molecule has 0 N–H and O–H groups in total. The van der Waals surface area contributed by atoms with Crippen LogP contribution in [0.25, 0.3) is 5.57 Å². The van der Waals surface area contributed by atoms with Crippen molar-refractivity contribution in [2.24, 2.45) is 0 Å². The molecular weight excluding hydrogens is 380 g/mol. The Morgan fingerprint density at radius 3 is 2.23 bits per heavy atom. The predicted octanol–water partition coefficient (Wildman–Crippen LogP) is 3.33. The van der Waals surface area contributed by atoms with Crippen LogP contribution in [-0.4, -0.2) is 55.0 Å². The van der Waals surface area contributed by atoms with Gasteiger partial charge in [0.2, 0.25) is 0 Å². The van der Waals surface area contributed by atoms with Crippen LogP contribution in [0, 0.1) is 0 Å². The van der Waals surface area contributed by atoms with Crippen molar-refractivity contribution in [2.75, 3.05) is 33.4 Å². The van der Waals surface area contributed by atoms with Crippen LogP contribution in [0.2, 0.25) is 0 Å². The number of carbonyl (C=O) groups is 2. The van der Waals surface area contributed by atoms with Crippen LogP contribution < -0.4 is 4.74 Å². The third-order valence-electron chi connectivity index (χ3n) is 5.03. The third-order valence-corrected chi connectivity index (χ3v) is 5.03. The highest BCUT2D eigenvalue weighted by Crippen LogP contribution is 2.33. The van der Waals surface area contributed by atoms with Crippen molar-refractivity contribution in [3.05, 3.63) is 71.4 Å². The number of ether oxygens (including phenoxy) is 2. The lowest BCUT2D eigenvalue weighted by atomic mass is 10.0. The number of imide groups is 1. The van der Waals surface area contributed by atoms with Gasteiger partial charge in [-0.15, -0.1) is 0 Å². The Morgan fingerprint density at radius 1 is 0.933 bits per heavy atom. The molecule has 0 saturated heterocycles. The lowest BCUT2D eigenvalue weighted by Crippen LogP contribution is -2.37. The number of hydrogen-bond donors (Lipinski definition) is 0. The van der Waals surface area contributed by atoms with Gasteiger partial charge in [0.1, 0.15) is 11.4 Å². The average molecular weight is 408 g/mol. The molecule has 6 nitrogen and oxygen atoms in total. The lowest BCUT2D eigenvalue weighted by Gasteiger charge is -2.25. The van der Waals surface area contributed by atoms with Gasteiger partial charge in [0.25, 0.3) is 11.8 Å². The van der Waals surface area contributed by atoms with Crippen molar-refractivity contribution in [2.45, 2.75) is 20.4 Å². The molecule has 2 aromatic rings. The van der Waals surface area contributed by atoms with Gasteiger partial charge in [0, 0.05) is 20.2 Å². The first-order valence-corrected chi connectivity index (χ1v) is 10.2. The van der Waals surface area contributed by atoms with Crippen LogP contribution in [0.1, 0.15) is 25.0 Å². The predicted molar refractivity (Wildman–Crippen MR) is 116 cm³/mol. The molecule has 0 aromatic heterocycles. The Balaban J connectivity index is 2.02. The number of carbonyl (C=O) groups excluding carboxylic acids is 2. The molecule has 30 heavy (non-hydrogen) atoms. The first kappa shape index (κ1) is 21.6. The second-order valence-corrected chi connectivity index (χ2v) is 6.94. The first-order chi connectivity index (χ1) is 14.6. The zero-order valence-electron chi connectivity index (χ0n) is 17.8. The van der Waals surface area contributed by atoms with Gasteiger partial charge in [-0.1, -0.05) is 42.5 Å². The van der Waals surface area contributed by atoms with Crippen molar-refractivity contribution in [3.63, 3.8) is 0 Å². The minimum atomic E-state index is -0.289. The van der Waals surface area contributed by atoms with E-state index in [-0.39, 0.29) is 18.4 Å². The molecule has 1 heterocycles. The summed E-state index contributed by atoms with van der Waals surface area (Å²) in [5.41, 5.74) is 2.65. The maximum Gasteiger partial charge on any atom is 0.277 e. The van der Waals surface area contributed by atoms with Gasteiger partial charge >= 0.3 is 0 Å². The summed E-state index contributed by atoms with van der Waals surface area (Å²) < 4.78 is 10.6. The highest BCUT2D eigenvalue weighted by Gasteiger charge is 2.41. The molecule has 0 unspecified atom stereocenters. The summed E-state index contributed by atoms with van der Waals surface area (Å²) in [6, 6.07) is 17.3. The molecule has 0 radical (unpaired) electrons. The van der Waals surface area contributed by atoms with Gasteiger partial charge < -0.3 is 14.4 Å². The average Bonchev–Trinajstić information content (AvgIpc) is 3.01. The quantitative estimate of drug-likeness (QED) is 0.565. The standard InChI is InChI=1S/C24H28N2O4/c1-4-25(17-18-9-7-6-8-10-18)22-21(19-11-13-20(14-12-19)30-5-2)23(27)26(24(22)28)15-16-29-3/h6-14H,4-5,15-17H2,1-3H3. The van der Waals surface area contributed by atoms with E-state index in [1.165, 1.54) is 4.90 Å². The monoisotopic (exact) mass is 408 g/mol. The van der Waals surface area contributed by atoms with Crippen LogP contribution in [-0.2, 0) is 20.9 Å². The van der Waals surface area contributed by atoms with Gasteiger partial charge in [0.15, 0.2) is 0 Å². The lowest BCUT2D eigenvalue weighted by molar-refractivity contribution is -0.138. The smallest absolute Gasteiger partial charge is 0.277 e. The maximum atomic E-state index is 13.3. The fraction of sp³-hybridized carbons (Fsp3) is 0.333. The molecule has 0 bridgehead atoms. The number of benzene rings is 2. The minimum Gasteiger partial charge on any atom is -0.494 e. The van der Waals surface area contributed by atoms with Gasteiger partial charge in [-0.05, 0) is 37.1 Å². The molecule has 1 aliphatic heterocycles. The van der Waals surface area contributed by atoms with Gasteiger partial charge in [-0.2, -0.15) is 0 Å². The largest absolute Gasteiger partial charge is 0.494 e. The third kappa shape index (κ3) is 4.54. The zero-order chi connectivity index (χ0) is 21.5. The summed E-state index contributed by atoms with van der Waals surface area (Å²) in [5, 5.41) is 0. The van der Waals surface area contributed by atoms with E-state index in [0.29, 0.717) is 43.1 Å². The Morgan fingerprint density at radius 2 is 1.63 bits per heavy atom. The Labute approximate surface area is 177 Å². The molecule has 0 atom stereocenters. The summed E-state index contributed by atoms with van der Waals surface area (Å²) in [4.78, 5) is 29.8. The Hall–Kier alpha value is -3.12. The molecule has 6 heteroatoms. The van der Waals surface area contributed by atoms with E-state index in [1.54, 1.807) is 7.11 Å². The Bertz CT molecular complexity index is 907. The Kier molecular flexibility index (Phi) is 7.25. The van der Waals surface area contributed by atoms with Crippen LogP contribution >= 0.6 is 0 Å². The fourth-order valence-electron chi connectivity index (χ4n) is 3.54. The number of amides is 2. The van der Waals surface area contributed by atoms with E-state index in [4.69, 9.17) is 9.47 Å².